The highest BCUT2D eigenvalue weighted by Crippen LogP contribution is 2.28. The lowest BCUT2D eigenvalue weighted by molar-refractivity contribution is 0.229. The quantitative estimate of drug-likeness (QED) is 0.644. The fraction of sp³-hybridized carbons (Fsp3) is 0.917. The Bertz CT molecular complexity index is 208. The predicted octanol–water partition coefficient (Wildman–Crippen LogP) is 2.71. The Balaban J connectivity index is 2.31. The summed E-state index contributed by atoms with van der Waals surface area (Å²) < 4.78 is 0. The lowest BCUT2D eigenvalue weighted by Crippen LogP contribution is -2.33. The Hall–Kier alpha value is -0.200. The molecule has 0 aliphatic heterocycles. The van der Waals surface area contributed by atoms with Gasteiger partial charge < -0.3 is 0 Å². The molecule has 1 saturated carbocycles. The summed E-state index contributed by atoms with van der Waals surface area (Å²) in [6, 6.07) is 3.02. The maximum Gasteiger partial charge on any atom is 0.0635 e. The molecule has 1 fully saturated rings. The third-order valence-electron chi connectivity index (χ3n) is 3.02. The van der Waals surface area contributed by atoms with Gasteiger partial charge in [-0.05, 0) is 30.9 Å². The summed E-state index contributed by atoms with van der Waals surface area (Å²) in [5.74, 6) is 1.68. The minimum atomic E-state index is 0.669. The number of thiol groups is 1. The molecule has 0 aromatic heterocycles. The van der Waals surface area contributed by atoms with Crippen LogP contribution in [0.5, 0.6) is 0 Å². The van der Waals surface area contributed by atoms with Crippen molar-refractivity contribution in [3.05, 3.63) is 0 Å². The number of hydrogen-bond acceptors (Lipinski definition) is 3. The van der Waals surface area contributed by atoms with Crippen molar-refractivity contribution in [3.63, 3.8) is 0 Å². The van der Waals surface area contributed by atoms with Crippen molar-refractivity contribution in [2.24, 2.45) is 5.92 Å². The van der Waals surface area contributed by atoms with E-state index in [0.29, 0.717) is 12.3 Å². The van der Waals surface area contributed by atoms with Crippen LogP contribution < -0.4 is 0 Å². The molecule has 0 aromatic rings. The van der Waals surface area contributed by atoms with Crippen LogP contribution in [0, 0.1) is 17.2 Å². The summed E-state index contributed by atoms with van der Waals surface area (Å²) in [5.41, 5.74) is 0. The molecule has 1 aliphatic carbocycles. The van der Waals surface area contributed by atoms with E-state index >= 15 is 0 Å². The molecule has 1 atom stereocenters. The zero-order chi connectivity index (χ0) is 11.1. The molecule has 0 spiro atoms. The smallest absolute Gasteiger partial charge is 0.0635 e. The molecular formula is C12H22N2S. The topological polar surface area (TPSA) is 27.0 Å². The van der Waals surface area contributed by atoms with Crippen molar-refractivity contribution in [2.45, 2.75) is 45.1 Å². The molecule has 15 heavy (non-hydrogen) atoms. The highest BCUT2D eigenvalue weighted by molar-refractivity contribution is 7.80. The first-order chi connectivity index (χ1) is 7.31. The van der Waals surface area contributed by atoms with Crippen molar-refractivity contribution in [3.8, 4) is 6.07 Å². The van der Waals surface area contributed by atoms with E-state index in [0.717, 1.165) is 24.9 Å². The maximum absolute atomic E-state index is 8.62. The van der Waals surface area contributed by atoms with E-state index < -0.39 is 0 Å². The monoisotopic (exact) mass is 226 g/mol. The van der Waals surface area contributed by atoms with Gasteiger partial charge in [0, 0.05) is 25.6 Å². The van der Waals surface area contributed by atoms with Crippen molar-refractivity contribution < 1.29 is 0 Å². The highest BCUT2D eigenvalue weighted by Gasteiger charge is 2.29. The van der Waals surface area contributed by atoms with Crippen LogP contribution in [0.1, 0.15) is 39.0 Å². The molecule has 3 heteroatoms. The van der Waals surface area contributed by atoms with Gasteiger partial charge in [-0.15, -0.1) is 0 Å². The first-order valence-corrected chi connectivity index (χ1v) is 6.66. The van der Waals surface area contributed by atoms with Gasteiger partial charge >= 0.3 is 0 Å². The van der Waals surface area contributed by atoms with Crippen LogP contribution in [0.4, 0.5) is 0 Å². The summed E-state index contributed by atoms with van der Waals surface area (Å²) in [7, 11) is 0. The van der Waals surface area contributed by atoms with Crippen molar-refractivity contribution in [2.75, 3.05) is 18.8 Å². The van der Waals surface area contributed by atoms with E-state index in [2.05, 4.69) is 30.5 Å². The third kappa shape index (κ3) is 4.90. The molecule has 0 amide bonds. The van der Waals surface area contributed by atoms with Crippen LogP contribution in [-0.4, -0.2) is 29.8 Å². The second-order valence-electron chi connectivity index (χ2n) is 4.47. The number of nitrogens with zero attached hydrogens (tertiary/aromatic N) is 2. The van der Waals surface area contributed by atoms with Gasteiger partial charge in [0.05, 0.1) is 6.07 Å². The molecular weight excluding hydrogens is 204 g/mol. The fourth-order valence-corrected chi connectivity index (χ4v) is 2.33. The summed E-state index contributed by atoms with van der Waals surface area (Å²) in [5, 5.41) is 8.62. The number of rotatable bonds is 8. The summed E-state index contributed by atoms with van der Waals surface area (Å²) in [6.07, 6.45) is 5.83. The SMILES string of the molecule is CCCC(CS)CN(CCC#N)C1CC1. The van der Waals surface area contributed by atoms with Gasteiger partial charge in [0.25, 0.3) is 0 Å². The first kappa shape index (κ1) is 12.9. The first-order valence-electron chi connectivity index (χ1n) is 6.03. The van der Waals surface area contributed by atoms with Crippen molar-refractivity contribution in [1.29, 1.82) is 5.26 Å². The lowest BCUT2D eigenvalue weighted by atomic mass is 10.1. The van der Waals surface area contributed by atoms with Crippen LogP contribution in [0.2, 0.25) is 0 Å². The minimum absolute atomic E-state index is 0.669. The second-order valence-corrected chi connectivity index (χ2v) is 4.84. The molecule has 0 aromatic carbocycles. The van der Waals surface area contributed by atoms with Crippen LogP contribution in [-0.2, 0) is 0 Å². The average Bonchev–Trinajstić information content (AvgIpc) is 3.06. The van der Waals surface area contributed by atoms with Gasteiger partial charge in [0.2, 0.25) is 0 Å². The Labute approximate surface area is 99.1 Å². The van der Waals surface area contributed by atoms with Gasteiger partial charge in [-0.25, -0.2) is 0 Å². The van der Waals surface area contributed by atoms with E-state index in [9.17, 15) is 0 Å². The summed E-state index contributed by atoms with van der Waals surface area (Å²) in [4.78, 5) is 2.50. The molecule has 1 aliphatic rings. The molecule has 0 N–H and O–H groups in total. The Morgan fingerprint density at radius 3 is 2.73 bits per heavy atom. The second kappa shape index (κ2) is 7.14. The third-order valence-corrected chi connectivity index (χ3v) is 3.54. The van der Waals surface area contributed by atoms with Gasteiger partial charge in [-0.1, -0.05) is 13.3 Å². The summed E-state index contributed by atoms with van der Waals surface area (Å²) >= 11 is 4.41. The molecule has 1 unspecified atom stereocenters. The normalized spacial score (nSPS) is 17.7. The Morgan fingerprint density at radius 2 is 2.27 bits per heavy atom. The molecule has 0 bridgehead atoms. The van der Waals surface area contributed by atoms with Gasteiger partial charge in [0.1, 0.15) is 0 Å². The van der Waals surface area contributed by atoms with Crippen LogP contribution in [0.3, 0.4) is 0 Å². The standard InChI is InChI=1S/C12H22N2S/c1-2-4-11(10-15)9-14(8-3-7-13)12-5-6-12/h11-12,15H,2-6,8-10H2,1H3. The summed E-state index contributed by atoms with van der Waals surface area (Å²) in [6.45, 7) is 4.33. The molecule has 0 heterocycles. The maximum atomic E-state index is 8.62. The van der Waals surface area contributed by atoms with Crippen molar-refractivity contribution >= 4 is 12.6 Å². The number of nitriles is 1. The van der Waals surface area contributed by atoms with Gasteiger partial charge in [-0.2, -0.15) is 17.9 Å². The van der Waals surface area contributed by atoms with E-state index in [4.69, 9.17) is 5.26 Å². The Morgan fingerprint density at radius 1 is 1.53 bits per heavy atom. The van der Waals surface area contributed by atoms with Crippen LogP contribution >= 0.6 is 12.6 Å². The zero-order valence-electron chi connectivity index (χ0n) is 9.65. The molecule has 2 nitrogen and oxygen atoms in total. The van der Waals surface area contributed by atoms with Crippen LogP contribution in [0.25, 0.3) is 0 Å². The number of hydrogen-bond donors (Lipinski definition) is 1. The highest BCUT2D eigenvalue weighted by atomic mass is 32.1. The Kier molecular flexibility index (Phi) is 6.12. The van der Waals surface area contributed by atoms with E-state index in [1.165, 1.54) is 25.7 Å². The molecule has 0 radical (unpaired) electrons. The molecule has 1 rings (SSSR count). The minimum Gasteiger partial charge on any atom is -0.299 e. The van der Waals surface area contributed by atoms with E-state index in [1.54, 1.807) is 0 Å². The van der Waals surface area contributed by atoms with E-state index in [-0.39, 0.29) is 0 Å². The molecule has 86 valence electrons. The predicted molar refractivity (Wildman–Crippen MR) is 67.1 cm³/mol. The largest absolute Gasteiger partial charge is 0.299 e. The molecule has 0 saturated heterocycles. The average molecular weight is 226 g/mol. The lowest BCUT2D eigenvalue weighted by Gasteiger charge is -2.25. The van der Waals surface area contributed by atoms with Crippen LogP contribution in [0.15, 0.2) is 0 Å². The van der Waals surface area contributed by atoms with E-state index in [1.807, 2.05) is 0 Å². The fourth-order valence-electron chi connectivity index (χ4n) is 2.04. The van der Waals surface area contributed by atoms with Crippen molar-refractivity contribution in [1.82, 2.24) is 4.90 Å². The van der Waals surface area contributed by atoms with Gasteiger partial charge in [0.15, 0.2) is 0 Å². The zero-order valence-corrected chi connectivity index (χ0v) is 10.5. The van der Waals surface area contributed by atoms with Gasteiger partial charge in [-0.3, -0.25) is 4.90 Å².